The van der Waals surface area contributed by atoms with Crippen LogP contribution >= 0.6 is 0 Å². The highest BCUT2D eigenvalue weighted by Gasteiger charge is 2.39. The van der Waals surface area contributed by atoms with Gasteiger partial charge in [-0.05, 0) is 100 Å². The van der Waals surface area contributed by atoms with E-state index in [-0.39, 0.29) is 5.41 Å². The van der Waals surface area contributed by atoms with Crippen molar-refractivity contribution in [2.45, 2.75) is 129 Å². The van der Waals surface area contributed by atoms with Crippen molar-refractivity contribution in [3.8, 4) is 6.07 Å². The molecule has 3 aliphatic carbocycles. The van der Waals surface area contributed by atoms with Crippen LogP contribution in [0, 0.1) is 46.3 Å². The van der Waals surface area contributed by atoms with Crippen LogP contribution in [0.3, 0.4) is 0 Å². The molecule has 0 atom stereocenters. The molecule has 1 nitrogen and oxygen atoms in total. The summed E-state index contributed by atoms with van der Waals surface area (Å²) in [5.41, 5.74) is 0.0418. The van der Waals surface area contributed by atoms with Gasteiger partial charge in [0.2, 0.25) is 0 Å². The molecule has 0 spiro atoms. The second kappa shape index (κ2) is 11.0. The predicted molar refractivity (Wildman–Crippen MR) is 120 cm³/mol. The van der Waals surface area contributed by atoms with E-state index in [4.69, 9.17) is 0 Å². The third-order valence-electron chi connectivity index (χ3n) is 9.24. The van der Waals surface area contributed by atoms with E-state index in [0.29, 0.717) is 0 Å². The molecule has 3 rings (SSSR count). The first-order valence-electron chi connectivity index (χ1n) is 13.1. The Hall–Kier alpha value is -0.510. The number of hydrogen-bond donors (Lipinski definition) is 0. The molecule has 3 aliphatic rings. The summed E-state index contributed by atoms with van der Waals surface area (Å²) in [6.07, 6.45) is 25.2. The molecule has 0 aromatic heterocycles. The van der Waals surface area contributed by atoms with E-state index in [1.165, 1.54) is 109 Å². The first kappa shape index (κ1) is 22.2. The Morgan fingerprint density at radius 2 is 1.14 bits per heavy atom. The minimum absolute atomic E-state index is 0.0418. The number of rotatable bonds is 8. The van der Waals surface area contributed by atoms with Gasteiger partial charge >= 0.3 is 0 Å². The van der Waals surface area contributed by atoms with Crippen LogP contribution in [-0.4, -0.2) is 0 Å². The van der Waals surface area contributed by atoms with Crippen LogP contribution in [0.5, 0.6) is 0 Å². The zero-order valence-corrected chi connectivity index (χ0v) is 19.1. The maximum absolute atomic E-state index is 9.76. The molecule has 0 aliphatic heterocycles. The Labute approximate surface area is 176 Å². The van der Waals surface area contributed by atoms with Crippen LogP contribution in [0.15, 0.2) is 0 Å². The Morgan fingerprint density at radius 1 is 0.679 bits per heavy atom. The third kappa shape index (κ3) is 5.77. The van der Waals surface area contributed by atoms with Gasteiger partial charge in [-0.15, -0.1) is 0 Å². The fourth-order valence-corrected chi connectivity index (χ4v) is 7.13. The van der Waals surface area contributed by atoms with E-state index in [9.17, 15) is 5.26 Å². The summed E-state index contributed by atoms with van der Waals surface area (Å²) < 4.78 is 0. The highest BCUT2D eigenvalue weighted by molar-refractivity contribution is 5.02. The van der Waals surface area contributed by atoms with Crippen molar-refractivity contribution in [1.29, 1.82) is 5.26 Å². The molecule has 0 unspecified atom stereocenters. The molecule has 3 fully saturated rings. The van der Waals surface area contributed by atoms with Gasteiger partial charge < -0.3 is 0 Å². The number of nitrogens with zero attached hydrogens (tertiary/aromatic N) is 1. The predicted octanol–water partition coefficient (Wildman–Crippen LogP) is 8.68. The molecule has 0 aromatic carbocycles. The molecule has 0 radical (unpaired) electrons. The van der Waals surface area contributed by atoms with E-state index in [2.05, 4.69) is 19.9 Å². The zero-order chi connectivity index (χ0) is 19.8. The second-order valence-corrected chi connectivity index (χ2v) is 10.9. The molecular formula is C27H47N. The van der Waals surface area contributed by atoms with E-state index < -0.39 is 0 Å². The van der Waals surface area contributed by atoms with Crippen molar-refractivity contribution in [2.24, 2.45) is 35.0 Å². The van der Waals surface area contributed by atoms with Crippen molar-refractivity contribution in [3.05, 3.63) is 0 Å². The fourth-order valence-electron chi connectivity index (χ4n) is 7.13. The molecule has 0 N–H and O–H groups in total. The Morgan fingerprint density at radius 3 is 1.61 bits per heavy atom. The maximum atomic E-state index is 9.76. The van der Waals surface area contributed by atoms with Crippen molar-refractivity contribution in [1.82, 2.24) is 0 Å². The SMILES string of the molecule is CCCC[C@H]1CC[C@H](C2CCC([C@H]3CC[C@@](C#N)(CCCC)CC3)CC2)CC1. The minimum atomic E-state index is 0.0418. The number of hydrogen-bond acceptors (Lipinski definition) is 1. The highest BCUT2D eigenvalue weighted by atomic mass is 14.5. The molecule has 28 heavy (non-hydrogen) atoms. The summed E-state index contributed by atoms with van der Waals surface area (Å²) in [6.45, 7) is 4.59. The quantitative estimate of drug-likeness (QED) is 0.410. The normalized spacial score (nSPS) is 39.4. The summed E-state index contributed by atoms with van der Waals surface area (Å²) in [4.78, 5) is 0. The summed E-state index contributed by atoms with van der Waals surface area (Å²) in [7, 11) is 0. The van der Waals surface area contributed by atoms with Gasteiger partial charge in [0, 0.05) is 0 Å². The molecule has 0 saturated heterocycles. The lowest BCUT2D eigenvalue weighted by Crippen LogP contribution is -2.32. The molecular weight excluding hydrogens is 338 g/mol. The van der Waals surface area contributed by atoms with Gasteiger partial charge in [0.1, 0.15) is 0 Å². The first-order chi connectivity index (χ1) is 13.7. The Balaban J connectivity index is 1.38. The monoisotopic (exact) mass is 385 g/mol. The zero-order valence-electron chi connectivity index (χ0n) is 19.1. The molecule has 0 bridgehead atoms. The molecule has 3 saturated carbocycles. The summed E-state index contributed by atoms with van der Waals surface area (Å²) in [5, 5.41) is 9.76. The molecule has 0 aromatic rings. The van der Waals surface area contributed by atoms with Gasteiger partial charge in [0.15, 0.2) is 0 Å². The fraction of sp³-hybridized carbons (Fsp3) is 0.963. The number of unbranched alkanes of at least 4 members (excludes halogenated alkanes) is 2. The lowest BCUT2D eigenvalue weighted by molar-refractivity contribution is 0.0899. The average Bonchev–Trinajstić information content (AvgIpc) is 2.77. The van der Waals surface area contributed by atoms with Crippen LogP contribution in [0.2, 0.25) is 0 Å². The second-order valence-electron chi connectivity index (χ2n) is 10.9. The summed E-state index contributed by atoms with van der Waals surface area (Å²) in [5.74, 6) is 5.09. The van der Waals surface area contributed by atoms with Crippen LogP contribution in [0.1, 0.15) is 129 Å². The van der Waals surface area contributed by atoms with Gasteiger partial charge in [-0.2, -0.15) is 5.26 Å². The van der Waals surface area contributed by atoms with E-state index >= 15 is 0 Å². The largest absolute Gasteiger partial charge is 0.198 e. The van der Waals surface area contributed by atoms with Gasteiger partial charge in [0.05, 0.1) is 11.5 Å². The maximum Gasteiger partial charge on any atom is 0.0689 e. The van der Waals surface area contributed by atoms with Crippen LogP contribution < -0.4 is 0 Å². The molecule has 0 heterocycles. The van der Waals surface area contributed by atoms with Crippen LogP contribution in [0.25, 0.3) is 0 Å². The molecule has 1 heteroatoms. The Bertz CT molecular complexity index is 465. The van der Waals surface area contributed by atoms with Gasteiger partial charge in [-0.1, -0.05) is 58.8 Å². The lowest BCUT2D eigenvalue weighted by atomic mass is 9.62. The minimum Gasteiger partial charge on any atom is -0.198 e. The van der Waals surface area contributed by atoms with Crippen molar-refractivity contribution in [2.75, 3.05) is 0 Å². The van der Waals surface area contributed by atoms with Gasteiger partial charge in [0.25, 0.3) is 0 Å². The summed E-state index contributed by atoms with van der Waals surface area (Å²) >= 11 is 0. The topological polar surface area (TPSA) is 23.8 Å². The smallest absolute Gasteiger partial charge is 0.0689 e. The molecule has 160 valence electrons. The van der Waals surface area contributed by atoms with E-state index in [0.717, 1.165) is 36.0 Å². The molecule has 0 amide bonds. The van der Waals surface area contributed by atoms with Crippen LogP contribution in [0.4, 0.5) is 0 Å². The lowest BCUT2D eigenvalue weighted by Gasteiger charge is -2.43. The van der Waals surface area contributed by atoms with E-state index in [1.807, 2.05) is 0 Å². The average molecular weight is 386 g/mol. The third-order valence-corrected chi connectivity index (χ3v) is 9.24. The summed E-state index contributed by atoms with van der Waals surface area (Å²) in [6, 6.07) is 2.74. The van der Waals surface area contributed by atoms with Crippen molar-refractivity contribution in [3.63, 3.8) is 0 Å². The van der Waals surface area contributed by atoms with E-state index in [1.54, 1.807) is 0 Å². The Kier molecular flexibility index (Phi) is 8.74. The standard InChI is InChI=1S/C27H47N/c1-3-5-7-22-8-10-23(11-9-22)24-12-14-25(15-13-24)26-16-19-27(21-28,20-17-26)18-6-4-2/h22-26H,3-20H2,1-2H3/t22-,23-,24?,25?,26-,27-. The van der Waals surface area contributed by atoms with Gasteiger partial charge in [-0.3, -0.25) is 0 Å². The number of nitriles is 1. The van der Waals surface area contributed by atoms with Gasteiger partial charge in [-0.25, -0.2) is 0 Å². The van der Waals surface area contributed by atoms with Crippen molar-refractivity contribution < 1.29 is 0 Å². The highest BCUT2D eigenvalue weighted by Crippen LogP contribution is 2.49. The first-order valence-corrected chi connectivity index (χ1v) is 13.1. The van der Waals surface area contributed by atoms with Crippen molar-refractivity contribution >= 4 is 0 Å². The van der Waals surface area contributed by atoms with Crippen LogP contribution in [-0.2, 0) is 0 Å².